The second-order valence-corrected chi connectivity index (χ2v) is 3.20. The molecule has 0 aliphatic heterocycles. The maximum absolute atomic E-state index is 11.0. The zero-order chi connectivity index (χ0) is 9.42. The van der Waals surface area contributed by atoms with E-state index in [1.165, 1.54) is 0 Å². The van der Waals surface area contributed by atoms with E-state index in [0.29, 0.717) is 10.7 Å². The number of benzene rings is 1. The monoisotopic (exact) mass is 194 g/mol. The van der Waals surface area contributed by atoms with Crippen LogP contribution in [0, 0.1) is 6.92 Å². The summed E-state index contributed by atoms with van der Waals surface area (Å²) in [5, 5.41) is 1.16. The Morgan fingerprint density at radius 3 is 3.00 bits per heavy atom. The Hall–Kier alpha value is -1.35. The lowest BCUT2D eigenvalue weighted by Crippen LogP contribution is -2.10. The average Bonchev–Trinajstić information content (AvgIpc) is 2.02. The largest absolute Gasteiger partial charge is 0.346 e. The number of hydrogen-bond acceptors (Lipinski definition) is 2. The number of hydrogen-bond donors (Lipinski definition) is 1. The van der Waals surface area contributed by atoms with Crippen LogP contribution in [-0.4, -0.2) is 9.97 Å². The van der Waals surface area contributed by atoms with E-state index in [1.54, 1.807) is 6.07 Å². The van der Waals surface area contributed by atoms with Crippen molar-refractivity contribution in [2.24, 2.45) is 0 Å². The molecule has 4 heteroatoms. The Morgan fingerprint density at radius 2 is 2.23 bits per heavy atom. The summed E-state index contributed by atoms with van der Waals surface area (Å²) in [6.07, 6.45) is 0. The number of rotatable bonds is 0. The molecular formula is C9H7ClN2O. The highest BCUT2D eigenvalue weighted by atomic mass is 35.5. The standard InChI is InChI=1S/C9H7ClN2O/c1-5-3-2-4-6-7(5)8(10)12-9(13)11-6/h2-4H,1H3,(H,11,12,13). The van der Waals surface area contributed by atoms with Crippen LogP contribution in [0.4, 0.5) is 0 Å². The van der Waals surface area contributed by atoms with Crippen LogP contribution in [0.25, 0.3) is 10.9 Å². The fourth-order valence-corrected chi connectivity index (χ4v) is 1.65. The molecular weight excluding hydrogens is 188 g/mol. The summed E-state index contributed by atoms with van der Waals surface area (Å²) in [6.45, 7) is 1.92. The lowest BCUT2D eigenvalue weighted by molar-refractivity contribution is 1.12. The average molecular weight is 195 g/mol. The van der Waals surface area contributed by atoms with Gasteiger partial charge in [-0.3, -0.25) is 4.98 Å². The first-order valence-electron chi connectivity index (χ1n) is 3.83. The van der Waals surface area contributed by atoms with Crippen molar-refractivity contribution in [2.75, 3.05) is 0 Å². The molecule has 13 heavy (non-hydrogen) atoms. The van der Waals surface area contributed by atoms with Crippen molar-refractivity contribution >= 4 is 22.5 Å². The molecule has 0 saturated carbocycles. The van der Waals surface area contributed by atoms with Gasteiger partial charge in [-0.15, -0.1) is 0 Å². The number of aryl methyl sites for hydroxylation is 1. The van der Waals surface area contributed by atoms with Crippen molar-refractivity contribution in [2.45, 2.75) is 6.92 Å². The van der Waals surface area contributed by atoms with Gasteiger partial charge in [0.15, 0.2) is 0 Å². The highest BCUT2D eigenvalue weighted by Crippen LogP contribution is 2.20. The van der Waals surface area contributed by atoms with Crippen LogP contribution in [0.5, 0.6) is 0 Å². The molecule has 0 bridgehead atoms. The normalized spacial score (nSPS) is 10.6. The molecule has 0 radical (unpaired) electrons. The van der Waals surface area contributed by atoms with Gasteiger partial charge in [0.1, 0.15) is 5.15 Å². The van der Waals surface area contributed by atoms with Crippen molar-refractivity contribution in [3.05, 3.63) is 39.4 Å². The van der Waals surface area contributed by atoms with E-state index in [-0.39, 0.29) is 0 Å². The van der Waals surface area contributed by atoms with Crippen LogP contribution in [0.15, 0.2) is 23.0 Å². The summed E-state index contributed by atoms with van der Waals surface area (Å²) in [4.78, 5) is 17.2. The van der Waals surface area contributed by atoms with Crippen LogP contribution in [0.1, 0.15) is 5.56 Å². The van der Waals surface area contributed by atoms with Gasteiger partial charge < -0.3 is 0 Å². The number of aromatic nitrogens is 2. The van der Waals surface area contributed by atoms with Crippen LogP contribution in [-0.2, 0) is 0 Å². The molecule has 2 aromatic rings. The van der Waals surface area contributed by atoms with Gasteiger partial charge in [-0.05, 0) is 18.6 Å². The molecule has 0 aliphatic carbocycles. The number of aromatic amines is 1. The predicted octanol–water partition coefficient (Wildman–Crippen LogP) is 1.88. The van der Waals surface area contributed by atoms with Crippen molar-refractivity contribution in [3.63, 3.8) is 0 Å². The minimum Gasteiger partial charge on any atom is -0.296 e. The fraction of sp³-hybridized carbons (Fsp3) is 0.111. The summed E-state index contributed by atoms with van der Waals surface area (Å²) >= 11 is 5.87. The maximum atomic E-state index is 11.0. The minimum atomic E-state index is -0.414. The second kappa shape index (κ2) is 2.85. The Labute approximate surface area is 79.4 Å². The number of fused-ring (bicyclic) bond motifs is 1. The third kappa shape index (κ3) is 1.31. The zero-order valence-electron chi connectivity index (χ0n) is 6.97. The summed E-state index contributed by atoms with van der Waals surface area (Å²) in [6, 6.07) is 5.54. The van der Waals surface area contributed by atoms with Crippen LogP contribution in [0.2, 0.25) is 5.15 Å². The van der Waals surface area contributed by atoms with Gasteiger partial charge in [-0.2, -0.15) is 4.98 Å². The molecule has 0 amide bonds. The number of nitrogens with zero attached hydrogens (tertiary/aromatic N) is 1. The fourth-order valence-electron chi connectivity index (χ4n) is 1.32. The van der Waals surface area contributed by atoms with E-state index in [2.05, 4.69) is 9.97 Å². The molecule has 0 spiro atoms. The van der Waals surface area contributed by atoms with Crippen LogP contribution < -0.4 is 5.69 Å². The smallest absolute Gasteiger partial charge is 0.296 e. The van der Waals surface area contributed by atoms with Crippen molar-refractivity contribution < 1.29 is 0 Å². The topological polar surface area (TPSA) is 45.8 Å². The van der Waals surface area contributed by atoms with Crippen molar-refractivity contribution in [1.29, 1.82) is 0 Å². The molecule has 1 aromatic heterocycles. The Kier molecular flexibility index (Phi) is 1.81. The van der Waals surface area contributed by atoms with Gasteiger partial charge in [-0.25, -0.2) is 4.79 Å². The molecule has 66 valence electrons. The van der Waals surface area contributed by atoms with Gasteiger partial charge in [-0.1, -0.05) is 23.7 Å². The van der Waals surface area contributed by atoms with E-state index in [1.807, 2.05) is 19.1 Å². The molecule has 2 rings (SSSR count). The maximum Gasteiger partial charge on any atom is 0.346 e. The molecule has 1 aromatic carbocycles. The highest BCUT2D eigenvalue weighted by Gasteiger charge is 2.03. The second-order valence-electron chi connectivity index (χ2n) is 2.82. The minimum absolute atomic E-state index is 0.355. The predicted molar refractivity (Wildman–Crippen MR) is 52.1 cm³/mol. The first kappa shape index (κ1) is 8.26. The molecule has 0 atom stereocenters. The summed E-state index contributed by atoms with van der Waals surface area (Å²) in [5.41, 5.74) is 1.23. The van der Waals surface area contributed by atoms with Crippen molar-refractivity contribution in [1.82, 2.24) is 9.97 Å². The van der Waals surface area contributed by atoms with E-state index in [0.717, 1.165) is 10.9 Å². The Bertz CT molecular complexity index is 518. The van der Waals surface area contributed by atoms with Gasteiger partial charge in [0, 0.05) is 5.39 Å². The molecule has 1 N–H and O–H groups in total. The molecule has 1 heterocycles. The third-order valence-corrected chi connectivity index (χ3v) is 2.19. The Morgan fingerprint density at radius 1 is 1.46 bits per heavy atom. The molecule has 0 unspecified atom stereocenters. The number of halogens is 1. The van der Waals surface area contributed by atoms with Gasteiger partial charge in [0.2, 0.25) is 0 Å². The lowest BCUT2D eigenvalue weighted by Gasteiger charge is -2.01. The van der Waals surface area contributed by atoms with E-state index in [4.69, 9.17) is 11.6 Å². The Balaban J connectivity index is 3.03. The van der Waals surface area contributed by atoms with Crippen LogP contribution in [0.3, 0.4) is 0 Å². The number of nitrogens with one attached hydrogen (secondary N) is 1. The molecule has 0 aliphatic rings. The number of H-pyrrole nitrogens is 1. The lowest BCUT2D eigenvalue weighted by atomic mass is 10.1. The quantitative estimate of drug-likeness (QED) is 0.651. The van der Waals surface area contributed by atoms with Gasteiger partial charge in [0.25, 0.3) is 0 Å². The van der Waals surface area contributed by atoms with Crippen LogP contribution >= 0.6 is 11.6 Å². The first-order valence-corrected chi connectivity index (χ1v) is 4.21. The molecule has 3 nitrogen and oxygen atoms in total. The molecule has 0 saturated heterocycles. The van der Waals surface area contributed by atoms with E-state index < -0.39 is 5.69 Å². The zero-order valence-corrected chi connectivity index (χ0v) is 7.72. The van der Waals surface area contributed by atoms with E-state index >= 15 is 0 Å². The first-order chi connectivity index (χ1) is 6.18. The SMILES string of the molecule is Cc1cccc2nc(=O)[nH]c(Cl)c12. The van der Waals surface area contributed by atoms with Gasteiger partial charge in [0.05, 0.1) is 5.52 Å². The summed E-state index contributed by atoms with van der Waals surface area (Å²) in [5.74, 6) is 0. The van der Waals surface area contributed by atoms with E-state index in [9.17, 15) is 4.79 Å². The van der Waals surface area contributed by atoms with Crippen molar-refractivity contribution in [3.8, 4) is 0 Å². The third-order valence-electron chi connectivity index (χ3n) is 1.91. The van der Waals surface area contributed by atoms with Gasteiger partial charge >= 0.3 is 5.69 Å². The highest BCUT2D eigenvalue weighted by molar-refractivity contribution is 6.34. The summed E-state index contributed by atoms with van der Waals surface area (Å²) < 4.78 is 0. The summed E-state index contributed by atoms with van der Waals surface area (Å²) in [7, 11) is 0. The molecule has 0 fully saturated rings.